The highest BCUT2D eigenvalue weighted by Gasteiger charge is 2.39. The lowest BCUT2D eigenvalue weighted by Gasteiger charge is -2.45. The molecular weight excluding hydrogens is 403 g/mol. The molecule has 7 nitrogen and oxygen atoms in total. The molecule has 0 spiro atoms. The summed E-state index contributed by atoms with van der Waals surface area (Å²) in [5, 5.41) is 10.2. The Kier molecular flexibility index (Phi) is 7.19. The van der Waals surface area contributed by atoms with Crippen LogP contribution >= 0.6 is 0 Å². The first kappa shape index (κ1) is 22.4. The average molecular weight is 429 g/mol. The van der Waals surface area contributed by atoms with Crippen molar-refractivity contribution in [3.8, 4) is 0 Å². The summed E-state index contributed by atoms with van der Waals surface area (Å²) in [7, 11) is 0. The summed E-state index contributed by atoms with van der Waals surface area (Å²) in [6.07, 6.45) is -1.96. The summed E-state index contributed by atoms with van der Waals surface area (Å²) < 4.78 is 37.8. The Morgan fingerprint density at radius 1 is 1.07 bits per heavy atom. The Morgan fingerprint density at radius 3 is 2.13 bits per heavy atom. The van der Waals surface area contributed by atoms with Gasteiger partial charge >= 0.3 is 18.2 Å². The van der Waals surface area contributed by atoms with Crippen molar-refractivity contribution in [2.75, 3.05) is 32.7 Å². The van der Waals surface area contributed by atoms with Crippen molar-refractivity contribution in [3.05, 3.63) is 35.9 Å². The van der Waals surface area contributed by atoms with Crippen LogP contribution in [-0.2, 0) is 16.1 Å². The van der Waals surface area contributed by atoms with Crippen LogP contribution in [0.25, 0.3) is 0 Å². The molecule has 1 aromatic carbocycles. The van der Waals surface area contributed by atoms with Gasteiger partial charge in [0.2, 0.25) is 0 Å². The number of urea groups is 1. The van der Waals surface area contributed by atoms with Crippen molar-refractivity contribution < 1.29 is 32.6 Å². The number of ether oxygens (including phenoxy) is 1. The molecular formula is C20H26F3N3O4. The van der Waals surface area contributed by atoms with E-state index in [9.17, 15) is 18.0 Å². The number of carboxylic acids is 1. The van der Waals surface area contributed by atoms with E-state index in [0.29, 0.717) is 19.6 Å². The van der Waals surface area contributed by atoms with Crippen LogP contribution in [-0.4, -0.2) is 78.0 Å². The largest absolute Gasteiger partial charge is 0.490 e. The third-order valence-corrected chi connectivity index (χ3v) is 5.19. The number of carbonyl (C=O) groups is 2. The van der Waals surface area contributed by atoms with Crippen molar-refractivity contribution in [2.45, 2.75) is 37.8 Å². The molecule has 3 fully saturated rings. The highest BCUT2D eigenvalue weighted by atomic mass is 19.4. The summed E-state index contributed by atoms with van der Waals surface area (Å²) in [5.74, 6) is -1.84. The van der Waals surface area contributed by atoms with Gasteiger partial charge in [0.25, 0.3) is 0 Å². The van der Waals surface area contributed by atoms with Gasteiger partial charge in [-0.05, 0) is 24.3 Å². The van der Waals surface area contributed by atoms with Crippen molar-refractivity contribution in [3.63, 3.8) is 0 Å². The van der Waals surface area contributed by atoms with Gasteiger partial charge in [-0.1, -0.05) is 30.3 Å². The normalized spacial score (nSPS) is 23.9. The summed E-state index contributed by atoms with van der Waals surface area (Å²) in [5.41, 5.74) is 1.13. The number of aliphatic carboxylic acids is 1. The number of rotatable bonds is 4. The van der Waals surface area contributed by atoms with Gasteiger partial charge < -0.3 is 20.1 Å². The Balaban J connectivity index is 0.000000318. The molecule has 2 unspecified atom stereocenters. The molecule has 4 rings (SSSR count). The number of nitrogens with zero attached hydrogens (tertiary/aromatic N) is 2. The monoisotopic (exact) mass is 429 g/mol. The standard InChI is InChI=1S/C18H25N3O2.C2HF3O2/c22-18(19-8-14-4-2-1-3-5-14)21-12-16-10-20(9-15-6-7-15)11-17(13-21)23-16;3-2(4,5)1(6)7/h1-5,15-17H,6-13H2,(H,19,22);(H,6,7). The fraction of sp³-hybridized carbons (Fsp3) is 0.600. The quantitative estimate of drug-likeness (QED) is 0.768. The maximum atomic E-state index is 12.4. The van der Waals surface area contributed by atoms with E-state index in [-0.39, 0.29) is 18.2 Å². The highest BCUT2D eigenvalue weighted by Crippen LogP contribution is 2.31. The summed E-state index contributed by atoms with van der Waals surface area (Å²) >= 11 is 0. The first-order valence-electron chi connectivity index (χ1n) is 9.95. The van der Waals surface area contributed by atoms with E-state index < -0.39 is 12.1 Å². The number of amides is 2. The minimum absolute atomic E-state index is 0.0304. The molecule has 1 aliphatic carbocycles. The van der Waals surface area contributed by atoms with E-state index in [4.69, 9.17) is 14.6 Å². The average Bonchev–Trinajstić information content (AvgIpc) is 3.50. The van der Waals surface area contributed by atoms with Crippen LogP contribution in [0.4, 0.5) is 18.0 Å². The zero-order valence-corrected chi connectivity index (χ0v) is 16.5. The van der Waals surface area contributed by atoms with Crippen molar-refractivity contribution >= 4 is 12.0 Å². The van der Waals surface area contributed by atoms with E-state index in [1.165, 1.54) is 19.4 Å². The molecule has 2 N–H and O–H groups in total. The fourth-order valence-electron chi connectivity index (χ4n) is 3.64. The Hall–Kier alpha value is -2.33. The zero-order chi connectivity index (χ0) is 21.7. The van der Waals surface area contributed by atoms with Crippen molar-refractivity contribution in [1.82, 2.24) is 15.1 Å². The number of carboxylic acid groups (broad SMARTS) is 1. The molecule has 2 saturated heterocycles. The van der Waals surface area contributed by atoms with Crippen LogP contribution in [0, 0.1) is 5.92 Å². The van der Waals surface area contributed by atoms with E-state index in [1.54, 1.807) is 0 Å². The molecule has 10 heteroatoms. The second kappa shape index (κ2) is 9.65. The molecule has 2 amide bonds. The van der Waals surface area contributed by atoms with Crippen LogP contribution < -0.4 is 5.32 Å². The number of hydrogen-bond acceptors (Lipinski definition) is 4. The van der Waals surface area contributed by atoms with Crippen LogP contribution in [0.1, 0.15) is 18.4 Å². The van der Waals surface area contributed by atoms with Crippen LogP contribution in [0.3, 0.4) is 0 Å². The lowest BCUT2D eigenvalue weighted by atomic mass is 10.1. The third-order valence-electron chi connectivity index (χ3n) is 5.19. The number of halogens is 3. The molecule has 0 radical (unpaired) electrons. The van der Waals surface area contributed by atoms with Gasteiger partial charge in [0.1, 0.15) is 0 Å². The first-order valence-corrected chi connectivity index (χ1v) is 9.95. The number of benzene rings is 1. The molecule has 1 saturated carbocycles. The summed E-state index contributed by atoms with van der Waals surface area (Å²) in [6, 6.07) is 10.1. The predicted octanol–water partition coefficient (Wildman–Crippen LogP) is 2.32. The van der Waals surface area contributed by atoms with Crippen molar-refractivity contribution in [1.29, 1.82) is 0 Å². The summed E-state index contributed by atoms with van der Waals surface area (Å²) in [6.45, 7) is 5.15. The molecule has 2 aliphatic heterocycles. The number of fused-ring (bicyclic) bond motifs is 2. The molecule has 2 heterocycles. The second-order valence-electron chi connectivity index (χ2n) is 7.89. The molecule has 0 aromatic heterocycles. The molecule has 2 atom stereocenters. The Bertz CT molecular complexity index is 714. The van der Waals surface area contributed by atoms with E-state index in [0.717, 1.165) is 24.6 Å². The van der Waals surface area contributed by atoms with E-state index in [1.807, 2.05) is 35.2 Å². The van der Waals surface area contributed by atoms with Gasteiger partial charge in [-0.3, -0.25) is 4.90 Å². The van der Waals surface area contributed by atoms with Gasteiger partial charge in [0.05, 0.1) is 12.2 Å². The highest BCUT2D eigenvalue weighted by molar-refractivity contribution is 5.74. The minimum atomic E-state index is -5.08. The van der Waals surface area contributed by atoms with Gasteiger partial charge in [0.15, 0.2) is 0 Å². The number of nitrogens with one attached hydrogen (secondary N) is 1. The van der Waals surface area contributed by atoms with E-state index >= 15 is 0 Å². The second-order valence-corrected chi connectivity index (χ2v) is 7.89. The molecule has 1 aromatic rings. The maximum Gasteiger partial charge on any atom is 0.490 e. The number of morpholine rings is 2. The molecule has 166 valence electrons. The SMILES string of the molecule is O=C(NCc1ccccc1)N1CC2CN(CC3CC3)CC(C1)O2.O=C(O)C(F)(F)F. The van der Waals surface area contributed by atoms with Gasteiger partial charge in [-0.25, -0.2) is 9.59 Å². The first-order chi connectivity index (χ1) is 14.2. The fourth-order valence-corrected chi connectivity index (χ4v) is 3.64. The van der Waals surface area contributed by atoms with Crippen molar-refractivity contribution in [2.24, 2.45) is 5.92 Å². The van der Waals surface area contributed by atoms with Gasteiger partial charge in [0, 0.05) is 39.3 Å². The molecule has 2 bridgehead atoms. The zero-order valence-electron chi connectivity index (χ0n) is 16.5. The van der Waals surface area contributed by atoms with Crippen LogP contribution in [0.15, 0.2) is 30.3 Å². The number of hydrogen-bond donors (Lipinski definition) is 2. The maximum absolute atomic E-state index is 12.4. The lowest BCUT2D eigenvalue weighted by Crippen LogP contribution is -2.61. The number of carbonyl (C=O) groups excluding carboxylic acids is 1. The van der Waals surface area contributed by atoms with Gasteiger partial charge in [-0.2, -0.15) is 13.2 Å². The lowest BCUT2D eigenvalue weighted by molar-refractivity contribution is -0.192. The predicted molar refractivity (Wildman–Crippen MR) is 102 cm³/mol. The molecule has 30 heavy (non-hydrogen) atoms. The van der Waals surface area contributed by atoms with Gasteiger partial charge in [-0.15, -0.1) is 0 Å². The topological polar surface area (TPSA) is 82.1 Å². The van der Waals surface area contributed by atoms with Crippen LogP contribution in [0.5, 0.6) is 0 Å². The Morgan fingerprint density at radius 2 is 1.63 bits per heavy atom. The van der Waals surface area contributed by atoms with E-state index in [2.05, 4.69) is 10.2 Å². The van der Waals surface area contributed by atoms with Crippen LogP contribution in [0.2, 0.25) is 0 Å². The smallest absolute Gasteiger partial charge is 0.475 e. The number of alkyl halides is 3. The summed E-state index contributed by atoms with van der Waals surface area (Å²) in [4.78, 5) is 25.8. The Labute approximate surface area is 172 Å². The molecule has 3 aliphatic rings. The third kappa shape index (κ3) is 6.88. The minimum Gasteiger partial charge on any atom is -0.475 e.